The lowest BCUT2D eigenvalue weighted by atomic mass is 10.2. The van der Waals surface area contributed by atoms with Gasteiger partial charge in [0.1, 0.15) is 6.07 Å². The third-order valence-electron chi connectivity index (χ3n) is 2.43. The van der Waals surface area contributed by atoms with Crippen LogP contribution >= 0.6 is 11.6 Å². The lowest BCUT2D eigenvalue weighted by Gasteiger charge is -2.14. The first kappa shape index (κ1) is 11.4. The van der Waals surface area contributed by atoms with Crippen LogP contribution in [0.25, 0.3) is 0 Å². The van der Waals surface area contributed by atoms with E-state index in [-0.39, 0.29) is 10.9 Å². The molecule has 1 aliphatic rings. The SMILES string of the molecule is CC1=CC(=O)N(c2ccc(C#N)c(Cl)c2)C1=O. The Kier molecular flexibility index (Phi) is 2.70. The Balaban J connectivity index is 2.44. The van der Waals surface area contributed by atoms with Gasteiger partial charge in [-0.25, -0.2) is 4.90 Å². The van der Waals surface area contributed by atoms with Crippen molar-refractivity contribution in [3.8, 4) is 6.07 Å². The van der Waals surface area contributed by atoms with Crippen molar-refractivity contribution in [3.63, 3.8) is 0 Å². The normalized spacial score (nSPS) is 14.9. The molecule has 0 unspecified atom stereocenters. The van der Waals surface area contributed by atoms with E-state index in [1.165, 1.54) is 24.3 Å². The molecule has 0 fully saturated rings. The van der Waals surface area contributed by atoms with Crippen molar-refractivity contribution in [2.24, 2.45) is 0 Å². The highest BCUT2D eigenvalue weighted by atomic mass is 35.5. The summed E-state index contributed by atoms with van der Waals surface area (Å²) in [7, 11) is 0. The first-order chi connectivity index (χ1) is 8.04. The van der Waals surface area contributed by atoms with Gasteiger partial charge in [-0.15, -0.1) is 0 Å². The Morgan fingerprint density at radius 3 is 2.53 bits per heavy atom. The Morgan fingerprint density at radius 2 is 2.06 bits per heavy atom. The maximum absolute atomic E-state index is 11.7. The molecule has 0 aromatic heterocycles. The number of hydrogen-bond donors (Lipinski definition) is 0. The second-order valence-corrected chi connectivity index (χ2v) is 3.99. The first-order valence-corrected chi connectivity index (χ1v) is 5.19. The highest BCUT2D eigenvalue weighted by Gasteiger charge is 2.29. The van der Waals surface area contributed by atoms with E-state index in [1.807, 2.05) is 6.07 Å². The van der Waals surface area contributed by atoms with E-state index in [4.69, 9.17) is 16.9 Å². The van der Waals surface area contributed by atoms with Crippen LogP contribution in [0.15, 0.2) is 29.8 Å². The molecule has 84 valence electrons. The predicted octanol–water partition coefficient (Wildman–Crippen LogP) is 2.03. The molecule has 0 atom stereocenters. The smallest absolute Gasteiger partial charge is 0.261 e. The molecular weight excluding hydrogens is 240 g/mol. The van der Waals surface area contributed by atoms with E-state index < -0.39 is 5.91 Å². The number of amides is 2. The van der Waals surface area contributed by atoms with Gasteiger partial charge in [-0.2, -0.15) is 5.26 Å². The molecule has 1 aromatic rings. The van der Waals surface area contributed by atoms with Gasteiger partial charge in [0.2, 0.25) is 0 Å². The van der Waals surface area contributed by atoms with Gasteiger partial charge in [-0.05, 0) is 25.1 Å². The Morgan fingerprint density at radius 1 is 1.35 bits per heavy atom. The number of hydrogen-bond acceptors (Lipinski definition) is 3. The summed E-state index contributed by atoms with van der Waals surface area (Å²) in [6.07, 6.45) is 1.27. The van der Waals surface area contributed by atoms with E-state index in [0.717, 1.165) is 4.90 Å². The van der Waals surface area contributed by atoms with Crippen molar-refractivity contribution in [2.45, 2.75) is 6.92 Å². The topological polar surface area (TPSA) is 61.2 Å². The molecule has 2 amide bonds. The Bertz CT molecular complexity index is 599. The highest BCUT2D eigenvalue weighted by molar-refractivity contribution is 6.33. The third kappa shape index (κ3) is 1.81. The van der Waals surface area contributed by atoms with Crippen LogP contribution in [0.2, 0.25) is 5.02 Å². The number of carbonyl (C=O) groups excluding carboxylic acids is 2. The molecule has 0 saturated heterocycles. The Labute approximate surface area is 103 Å². The zero-order chi connectivity index (χ0) is 12.6. The summed E-state index contributed by atoms with van der Waals surface area (Å²) in [6, 6.07) is 6.34. The van der Waals surface area contributed by atoms with Crippen molar-refractivity contribution in [1.29, 1.82) is 5.26 Å². The van der Waals surface area contributed by atoms with Gasteiger partial charge in [-0.3, -0.25) is 9.59 Å². The van der Waals surface area contributed by atoms with Crippen molar-refractivity contribution < 1.29 is 9.59 Å². The summed E-state index contributed by atoms with van der Waals surface area (Å²) >= 11 is 5.85. The molecular formula is C12H7ClN2O2. The molecule has 1 aliphatic heterocycles. The van der Waals surface area contributed by atoms with Crippen LogP contribution in [0, 0.1) is 11.3 Å². The second-order valence-electron chi connectivity index (χ2n) is 3.58. The molecule has 1 heterocycles. The predicted molar refractivity (Wildman–Crippen MR) is 62.4 cm³/mol. The van der Waals surface area contributed by atoms with Crippen LogP contribution in [-0.2, 0) is 9.59 Å². The molecule has 5 heteroatoms. The van der Waals surface area contributed by atoms with Crippen LogP contribution < -0.4 is 4.90 Å². The van der Waals surface area contributed by atoms with Crippen molar-refractivity contribution in [3.05, 3.63) is 40.4 Å². The van der Waals surface area contributed by atoms with Crippen LogP contribution in [-0.4, -0.2) is 11.8 Å². The number of benzene rings is 1. The largest absolute Gasteiger partial charge is 0.269 e. The standard InChI is InChI=1S/C12H7ClN2O2/c1-7-4-11(16)15(12(7)17)9-3-2-8(6-14)10(13)5-9/h2-5H,1H3. The Hall–Kier alpha value is -2.12. The quantitative estimate of drug-likeness (QED) is 0.713. The van der Waals surface area contributed by atoms with Gasteiger partial charge in [-0.1, -0.05) is 11.6 Å². The molecule has 2 rings (SSSR count). The van der Waals surface area contributed by atoms with E-state index in [2.05, 4.69) is 0 Å². The van der Waals surface area contributed by atoms with Crippen LogP contribution in [0.5, 0.6) is 0 Å². The number of carbonyl (C=O) groups is 2. The molecule has 0 aliphatic carbocycles. The third-order valence-corrected chi connectivity index (χ3v) is 2.74. The van der Waals surface area contributed by atoms with Gasteiger partial charge in [0, 0.05) is 11.6 Å². The fourth-order valence-electron chi connectivity index (χ4n) is 1.57. The molecule has 0 spiro atoms. The zero-order valence-electron chi connectivity index (χ0n) is 8.90. The summed E-state index contributed by atoms with van der Waals surface area (Å²) in [5.41, 5.74) is 1.06. The van der Waals surface area contributed by atoms with Gasteiger partial charge in [0.15, 0.2) is 0 Å². The fourth-order valence-corrected chi connectivity index (χ4v) is 1.78. The van der Waals surface area contributed by atoms with Crippen molar-refractivity contribution in [1.82, 2.24) is 0 Å². The second kappa shape index (κ2) is 4.04. The number of halogens is 1. The van der Waals surface area contributed by atoms with Crippen LogP contribution in [0.3, 0.4) is 0 Å². The minimum atomic E-state index is -0.395. The summed E-state index contributed by atoms with van der Waals surface area (Å²) in [4.78, 5) is 24.3. The minimum absolute atomic E-state index is 0.218. The molecule has 0 saturated carbocycles. The maximum atomic E-state index is 11.7. The van der Waals surface area contributed by atoms with E-state index in [9.17, 15) is 9.59 Å². The summed E-state index contributed by atoms with van der Waals surface area (Å²) in [5.74, 6) is -0.760. The van der Waals surface area contributed by atoms with Gasteiger partial charge in [0.05, 0.1) is 16.3 Å². The molecule has 1 aromatic carbocycles. The number of nitriles is 1. The van der Waals surface area contributed by atoms with Crippen molar-refractivity contribution >= 4 is 29.1 Å². The fraction of sp³-hybridized carbons (Fsp3) is 0.0833. The monoisotopic (exact) mass is 246 g/mol. The molecule has 0 N–H and O–H groups in total. The molecule has 4 nitrogen and oxygen atoms in total. The number of nitrogens with zero attached hydrogens (tertiary/aromatic N) is 2. The summed E-state index contributed by atoms with van der Waals surface area (Å²) in [5, 5.41) is 8.95. The molecule has 17 heavy (non-hydrogen) atoms. The van der Waals surface area contributed by atoms with Crippen LogP contribution in [0.4, 0.5) is 5.69 Å². The van der Waals surface area contributed by atoms with Gasteiger partial charge in [0.25, 0.3) is 11.8 Å². The van der Waals surface area contributed by atoms with E-state index in [1.54, 1.807) is 6.92 Å². The molecule has 0 radical (unpaired) electrons. The average Bonchev–Trinajstić information content (AvgIpc) is 2.53. The number of rotatable bonds is 1. The van der Waals surface area contributed by atoms with Crippen molar-refractivity contribution in [2.75, 3.05) is 4.90 Å². The van der Waals surface area contributed by atoms with Gasteiger partial charge < -0.3 is 0 Å². The lowest BCUT2D eigenvalue weighted by Crippen LogP contribution is -2.30. The average molecular weight is 247 g/mol. The van der Waals surface area contributed by atoms with E-state index >= 15 is 0 Å². The minimum Gasteiger partial charge on any atom is -0.269 e. The summed E-state index contributed by atoms with van der Waals surface area (Å²) in [6.45, 7) is 1.57. The zero-order valence-corrected chi connectivity index (χ0v) is 9.65. The summed E-state index contributed by atoms with van der Waals surface area (Å²) < 4.78 is 0. The first-order valence-electron chi connectivity index (χ1n) is 4.81. The van der Waals surface area contributed by atoms with Crippen LogP contribution in [0.1, 0.15) is 12.5 Å². The highest BCUT2D eigenvalue weighted by Crippen LogP contribution is 2.27. The maximum Gasteiger partial charge on any atom is 0.261 e. The van der Waals surface area contributed by atoms with Gasteiger partial charge >= 0.3 is 0 Å². The molecule has 0 bridgehead atoms. The lowest BCUT2D eigenvalue weighted by molar-refractivity contribution is -0.120. The van der Waals surface area contributed by atoms with E-state index in [0.29, 0.717) is 16.8 Å². The number of anilines is 1. The number of imide groups is 1.